The number of nitrogens with one attached hydrogen (secondary N) is 2. The molecule has 4 aromatic rings. The number of benzene rings is 2. The Bertz CT molecular complexity index is 1200. The lowest BCUT2D eigenvalue weighted by atomic mass is 9.94. The van der Waals surface area contributed by atoms with Crippen LogP contribution in [0.2, 0.25) is 5.02 Å². The minimum atomic E-state index is -0.0909. The zero-order chi connectivity index (χ0) is 18.4. The van der Waals surface area contributed by atoms with Gasteiger partial charge in [-0.3, -0.25) is 4.79 Å². The Balaban J connectivity index is 1.83. The van der Waals surface area contributed by atoms with Crippen molar-refractivity contribution in [3.63, 3.8) is 0 Å². The highest BCUT2D eigenvalue weighted by Crippen LogP contribution is 2.35. The summed E-state index contributed by atoms with van der Waals surface area (Å²) in [7, 11) is 0. The van der Waals surface area contributed by atoms with E-state index < -0.39 is 0 Å². The molecule has 1 aliphatic heterocycles. The summed E-state index contributed by atoms with van der Waals surface area (Å²) >= 11 is 6.46. The third-order valence-electron chi connectivity index (χ3n) is 5.39. The molecule has 6 heteroatoms. The summed E-state index contributed by atoms with van der Waals surface area (Å²) in [6, 6.07) is 15.4. The van der Waals surface area contributed by atoms with E-state index in [9.17, 15) is 4.79 Å². The molecule has 3 heterocycles. The van der Waals surface area contributed by atoms with Crippen LogP contribution in [0.5, 0.6) is 0 Å². The Morgan fingerprint density at radius 3 is 2.63 bits per heavy atom. The van der Waals surface area contributed by atoms with Crippen molar-refractivity contribution >= 4 is 28.2 Å². The minimum Gasteiger partial charge on any atom is -0.317 e. The van der Waals surface area contributed by atoms with Crippen molar-refractivity contribution in [1.29, 1.82) is 0 Å². The first-order chi connectivity index (χ1) is 13.2. The summed E-state index contributed by atoms with van der Waals surface area (Å²) in [5.41, 5.74) is 4.40. The van der Waals surface area contributed by atoms with Crippen LogP contribution in [0.15, 0.2) is 53.3 Å². The van der Waals surface area contributed by atoms with E-state index in [4.69, 9.17) is 16.7 Å². The second-order valence-corrected chi connectivity index (χ2v) is 7.43. The first-order valence-corrected chi connectivity index (χ1v) is 9.60. The third-order valence-corrected chi connectivity index (χ3v) is 5.71. The normalized spacial score (nSPS) is 15.6. The second-order valence-electron chi connectivity index (χ2n) is 7.02. The van der Waals surface area contributed by atoms with Crippen LogP contribution in [0.25, 0.3) is 27.7 Å². The van der Waals surface area contributed by atoms with Gasteiger partial charge in [0, 0.05) is 22.6 Å². The zero-order valence-corrected chi connectivity index (χ0v) is 15.5. The fraction of sp³-hybridized carbons (Fsp3) is 0.238. The lowest BCUT2D eigenvalue weighted by Crippen LogP contribution is -2.28. The summed E-state index contributed by atoms with van der Waals surface area (Å²) in [5.74, 6) is 0.328. The van der Waals surface area contributed by atoms with Gasteiger partial charge in [0.05, 0.1) is 16.6 Å². The highest BCUT2D eigenvalue weighted by Gasteiger charge is 2.22. The summed E-state index contributed by atoms with van der Waals surface area (Å²) < 4.78 is 1.92. The quantitative estimate of drug-likeness (QED) is 0.555. The van der Waals surface area contributed by atoms with Crippen molar-refractivity contribution in [3.8, 4) is 11.1 Å². The summed E-state index contributed by atoms with van der Waals surface area (Å²) in [5, 5.41) is 9.82. The molecule has 1 saturated heterocycles. The van der Waals surface area contributed by atoms with Gasteiger partial charge in [-0.2, -0.15) is 5.10 Å². The SMILES string of the molecule is O=c1cc(C2CCNCC2)n2nc3cccc(-c4ccccc4Cl)c3c2[nH]1. The molecule has 1 fully saturated rings. The van der Waals surface area contributed by atoms with E-state index in [1.807, 2.05) is 47.0 Å². The first kappa shape index (κ1) is 16.5. The molecule has 0 unspecified atom stereocenters. The molecule has 0 radical (unpaired) electrons. The smallest absolute Gasteiger partial charge is 0.251 e. The van der Waals surface area contributed by atoms with Crippen LogP contribution in [0.3, 0.4) is 0 Å². The third kappa shape index (κ3) is 2.74. The molecule has 136 valence electrons. The lowest BCUT2D eigenvalue weighted by molar-refractivity contribution is 0.446. The van der Waals surface area contributed by atoms with E-state index >= 15 is 0 Å². The van der Waals surface area contributed by atoms with Crippen LogP contribution in [0.1, 0.15) is 24.5 Å². The minimum absolute atomic E-state index is 0.0909. The molecule has 2 N–H and O–H groups in total. The molecule has 2 aromatic heterocycles. The predicted molar refractivity (Wildman–Crippen MR) is 109 cm³/mol. The van der Waals surface area contributed by atoms with Gasteiger partial charge in [0.25, 0.3) is 5.56 Å². The molecule has 2 aromatic carbocycles. The Kier molecular flexibility index (Phi) is 3.99. The molecule has 5 nitrogen and oxygen atoms in total. The first-order valence-electron chi connectivity index (χ1n) is 9.22. The molecule has 1 aliphatic rings. The van der Waals surface area contributed by atoms with Gasteiger partial charge in [0.2, 0.25) is 0 Å². The maximum atomic E-state index is 12.5. The Morgan fingerprint density at radius 1 is 1.04 bits per heavy atom. The number of H-pyrrole nitrogens is 1. The van der Waals surface area contributed by atoms with Gasteiger partial charge in [-0.25, -0.2) is 4.52 Å². The maximum absolute atomic E-state index is 12.5. The van der Waals surface area contributed by atoms with E-state index in [1.54, 1.807) is 6.07 Å². The average molecular weight is 379 g/mol. The molecule has 0 bridgehead atoms. The van der Waals surface area contributed by atoms with Gasteiger partial charge in [-0.1, -0.05) is 41.9 Å². The summed E-state index contributed by atoms with van der Waals surface area (Å²) in [6.45, 7) is 1.93. The van der Waals surface area contributed by atoms with Crippen molar-refractivity contribution < 1.29 is 0 Å². The number of aromatic nitrogens is 3. The fourth-order valence-electron chi connectivity index (χ4n) is 4.10. The number of piperidine rings is 1. The number of hydrogen-bond donors (Lipinski definition) is 2. The van der Waals surface area contributed by atoms with E-state index in [-0.39, 0.29) is 5.56 Å². The molecular weight excluding hydrogens is 360 g/mol. The monoisotopic (exact) mass is 378 g/mol. The van der Waals surface area contributed by atoms with Gasteiger partial charge in [-0.15, -0.1) is 0 Å². The maximum Gasteiger partial charge on any atom is 0.251 e. The van der Waals surface area contributed by atoms with Gasteiger partial charge >= 0.3 is 0 Å². The second kappa shape index (κ2) is 6.51. The van der Waals surface area contributed by atoms with Crippen LogP contribution in [0, 0.1) is 0 Å². The number of aromatic amines is 1. The summed E-state index contributed by atoms with van der Waals surface area (Å²) in [4.78, 5) is 15.5. The van der Waals surface area contributed by atoms with E-state index in [0.717, 1.165) is 59.3 Å². The fourth-order valence-corrected chi connectivity index (χ4v) is 4.34. The van der Waals surface area contributed by atoms with Gasteiger partial charge in [-0.05, 0) is 43.6 Å². The molecule has 0 saturated carbocycles. The predicted octanol–water partition coefficient (Wildman–Crippen LogP) is 3.96. The molecular formula is C21H19ClN4O. The van der Waals surface area contributed by atoms with Crippen LogP contribution in [-0.2, 0) is 0 Å². The van der Waals surface area contributed by atoms with Crippen LogP contribution >= 0.6 is 11.6 Å². The Morgan fingerprint density at radius 2 is 1.81 bits per heavy atom. The van der Waals surface area contributed by atoms with Gasteiger partial charge in [0.1, 0.15) is 5.65 Å². The van der Waals surface area contributed by atoms with Crippen molar-refractivity contribution in [2.75, 3.05) is 13.1 Å². The highest BCUT2D eigenvalue weighted by atomic mass is 35.5. The average Bonchev–Trinajstić information content (AvgIpc) is 3.07. The molecule has 0 amide bonds. The number of hydrogen-bond acceptors (Lipinski definition) is 3. The van der Waals surface area contributed by atoms with Gasteiger partial charge in [0.15, 0.2) is 0 Å². The van der Waals surface area contributed by atoms with E-state index in [0.29, 0.717) is 10.9 Å². The van der Waals surface area contributed by atoms with Crippen molar-refractivity contribution in [1.82, 2.24) is 19.9 Å². The van der Waals surface area contributed by atoms with Crippen LogP contribution in [0.4, 0.5) is 0 Å². The van der Waals surface area contributed by atoms with Crippen molar-refractivity contribution in [2.45, 2.75) is 18.8 Å². The van der Waals surface area contributed by atoms with Gasteiger partial charge < -0.3 is 10.3 Å². The largest absolute Gasteiger partial charge is 0.317 e. The van der Waals surface area contributed by atoms with Crippen molar-refractivity contribution in [3.05, 3.63) is 69.6 Å². The summed E-state index contributed by atoms with van der Waals surface area (Å²) in [6.07, 6.45) is 2.01. The van der Waals surface area contributed by atoms with Crippen molar-refractivity contribution in [2.24, 2.45) is 0 Å². The lowest BCUT2D eigenvalue weighted by Gasteiger charge is -2.23. The number of halogens is 1. The number of rotatable bonds is 2. The number of fused-ring (bicyclic) bond motifs is 3. The molecule has 0 spiro atoms. The van der Waals surface area contributed by atoms with Crippen LogP contribution < -0.4 is 10.9 Å². The molecule has 5 rings (SSSR count). The Labute approximate surface area is 161 Å². The topological polar surface area (TPSA) is 62.2 Å². The van der Waals surface area contributed by atoms with Crippen LogP contribution in [-0.4, -0.2) is 27.7 Å². The van der Waals surface area contributed by atoms with E-state index in [1.165, 1.54) is 0 Å². The molecule has 0 aliphatic carbocycles. The molecule has 27 heavy (non-hydrogen) atoms. The number of nitrogens with zero attached hydrogens (tertiary/aromatic N) is 2. The van der Waals surface area contributed by atoms with E-state index in [2.05, 4.69) is 10.3 Å². The Hall–Kier alpha value is -2.63. The molecule has 0 atom stereocenters. The highest BCUT2D eigenvalue weighted by molar-refractivity contribution is 6.33. The standard InChI is InChI=1S/C21H19ClN4O/c22-16-6-2-1-4-14(16)15-5-3-7-17-20(15)21-24-19(27)12-18(26(21)25-17)13-8-10-23-11-9-13/h1-7,12-13,23H,8-11H2,(H,24,27). The zero-order valence-electron chi connectivity index (χ0n) is 14.7.